The van der Waals surface area contributed by atoms with Crippen LogP contribution < -0.4 is 5.32 Å². The van der Waals surface area contributed by atoms with E-state index in [1.807, 2.05) is 0 Å². The summed E-state index contributed by atoms with van der Waals surface area (Å²) in [6, 6.07) is 0. The Hall–Kier alpha value is -1.26. The van der Waals surface area contributed by atoms with Crippen molar-refractivity contribution in [1.82, 2.24) is 5.32 Å². The summed E-state index contributed by atoms with van der Waals surface area (Å²) in [6.45, 7) is 5.59. The van der Waals surface area contributed by atoms with Crippen LogP contribution in [0.2, 0.25) is 0 Å². The Balaban J connectivity index is 3.98. The second-order valence-corrected chi connectivity index (χ2v) is 3.45. The van der Waals surface area contributed by atoms with Crippen LogP contribution in [0.5, 0.6) is 0 Å². The first-order chi connectivity index (χ1) is 6.44. The lowest BCUT2D eigenvalue weighted by Crippen LogP contribution is -2.39. The van der Waals surface area contributed by atoms with Crippen molar-refractivity contribution in [2.24, 2.45) is 5.41 Å². The molecule has 1 amide bonds. The molecule has 0 unspecified atom stereocenters. The maximum Gasteiger partial charge on any atom is 0.407 e. The number of ether oxygens (including phenoxy) is 2. The minimum Gasteiger partial charge on any atom is -0.469 e. The standard InChI is InChI=1S/C9H17NO4/c1-5-14-8(12)10-6-9(2,3)7(11)13-4/h5-6H2,1-4H3,(H,10,12). The van der Waals surface area contributed by atoms with Gasteiger partial charge in [0.2, 0.25) is 0 Å². The van der Waals surface area contributed by atoms with Gasteiger partial charge in [-0.1, -0.05) is 0 Å². The molecule has 0 saturated heterocycles. The number of carbonyl (C=O) groups excluding carboxylic acids is 2. The third kappa shape index (κ3) is 4.11. The molecule has 0 bridgehead atoms. The highest BCUT2D eigenvalue weighted by Gasteiger charge is 2.29. The zero-order valence-electron chi connectivity index (χ0n) is 9.05. The van der Waals surface area contributed by atoms with Gasteiger partial charge in [0.25, 0.3) is 0 Å². The molecular weight excluding hydrogens is 186 g/mol. The minimum absolute atomic E-state index is 0.193. The van der Waals surface area contributed by atoms with E-state index in [1.54, 1.807) is 20.8 Å². The van der Waals surface area contributed by atoms with E-state index >= 15 is 0 Å². The SMILES string of the molecule is CCOC(=O)NCC(C)(C)C(=O)OC. The fourth-order valence-corrected chi connectivity index (χ4v) is 0.824. The van der Waals surface area contributed by atoms with Gasteiger partial charge in [0.1, 0.15) is 0 Å². The quantitative estimate of drug-likeness (QED) is 0.690. The number of carbonyl (C=O) groups is 2. The Labute approximate surface area is 83.8 Å². The molecular formula is C9H17NO4. The van der Waals surface area contributed by atoms with Gasteiger partial charge >= 0.3 is 12.1 Å². The summed E-state index contributed by atoms with van der Waals surface area (Å²) in [4.78, 5) is 22.1. The number of hydrogen-bond donors (Lipinski definition) is 1. The molecule has 5 nitrogen and oxygen atoms in total. The molecule has 0 radical (unpaired) electrons. The van der Waals surface area contributed by atoms with Crippen LogP contribution in [0.25, 0.3) is 0 Å². The van der Waals surface area contributed by atoms with Crippen molar-refractivity contribution in [1.29, 1.82) is 0 Å². The van der Waals surface area contributed by atoms with Gasteiger partial charge in [-0.15, -0.1) is 0 Å². The molecule has 0 spiro atoms. The predicted octanol–water partition coefficient (Wildman–Crippen LogP) is 0.932. The summed E-state index contributed by atoms with van der Waals surface area (Å²) in [5.41, 5.74) is -0.735. The number of amides is 1. The molecule has 0 aromatic heterocycles. The van der Waals surface area contributed by atoms with E-state index in [2.05, 4.69) is 14.8 Å². The van der Waals surface area contributed by atoms with Gasteiger partial charge in [0.15, 0.2) is 0 Å². The molecule has 0 rings (SSSR count). The smallest absolute Gasteiger partial charge is 0.407 e. The van der Waals surface area contributed by atoms with E-state index in [0.717, 1.165) is 0 Å². The summed E-state index contributed by atoms with van der Waals surface area (Å²) >= 11 is 0. The average Bonchev–Trinajstić information content (AvgIpc) is 2.14. The third-order valence-electron chi connectivity index (χ3n) is 1.69. The number of rotatable bonds is 4. The summed E-state index contributed by atoms with van der Waals surface area (Å²) in [5, 5.41) is 2.48. The molecule has 0 aromatic rings. The predicted molar refractivity (Wildman–Crippen MR) is 50.8 cm³/mol. The van der Waals surface area contributed by atoms with Gasteiger partial charge in [0.05, 0.1) is 19.1 Å². The fourth-order valence-electron chi connectivity index (χ4n) is 0.824. The van der Waals surface area contributed by atoms with E-state index in [9.17, 15) is 9.59 Å². The van der Waals surface area contributed by atoms with Gasteiger partial charge in [-0.05, 0) is 20.8 Å². The normalized spacial score (nSPS) is 10.6. The summed E-state index contributed by atoms with van der Waals surface area (Å²) in [7, 11) is 1.31. The maximum atomic E-state index is 11.2. The molecule has 82 valence electrons. The Morgan fingerprint density at radius 2 is 1.93 bits per heavy atom. The molecule has 14 heavy (non-hydrogen) atoms. The molecule has 0 aliphatic heterocycles. The second kappa shape index (κ2) is 5.47. The summed E-state index contributed by atoms with van der Waals surface area (Å²) in [6.07, 6.45) is -0.524. The summed E-state index contributed by atoms with van der Waals surface area (Å²) < 4.78 is 9.22. The zero-order chi connectivity index (χ0) is 11.2. The van der Waals surface area contributed by atoms with E-state index in [1.165, 1.54) is 7.11 Å². The highest BCUT2D eigenvalue weighted by atomic mass is 16.5. The average molecular weight is 203 g/mol. The molecule has 0 aliphatic rings. The van der Waals surface area contributed by atoms with E-state index in [-0.39, 0.29) is 12.5 Å². The van der Waals surface area contributed by atoms with Crippen LogP contribution in [0.15, 0.2) is 0 Å². The largest absolute Gasteiger partial charge is 0.469 e. The van der Waals surface area contributed by atoms with E-state index in [4.69, 9.17) is 0 Å². The van der Waals surface area contributed by atoms with Crippen LogP contribution in [0.3, 0.4) is 0 Å². The van der Waals surface area contributed by atoms with Crippen molar-refractivity contribution in [3.8, 4) is 0 Å². The van der Waals surface area contributed by atoms with Crippen LogP contribution in [-0.2, 0) is 14.3 Å². The van der Waals surface area contributed by atoms with Gasteiger partial charge in [-0.25, -0.2) is 4.79 Å². The molecule has 0 heterocycles. The van der Waals surface area contributed by atoms with Crippen LogP contribution in [-0.4, -0.2) is 32.3 Å². The molecule has 5 heteroatoms. The number of nitrogens with one attached hydrogen (secondary N) is 1. The molecule has 0 aromatic carbocycles. The lowest BCUT2D eigenvalue weighted by Gasteiger charge is -2.21. The zero-order valence-corrected chi connectivity index (χ0v) is 9.05. The highest BCUT2D eigenvalue weighted by molar-refractivity contribution is 5.77. The molecule has 0 saturated carbocycles. The molecule has 0 aliphatic carbocycles. The Morgan fingerprint density at radius 3 is 2.36 bits per heavy atom. The van der Waals surface area contributed by atoms with E-state index in [0.29, 0.717) is 6.61 Å². The molecule has 0 atom stereocenters. The van der Waals surface area contributed by atoms with Crippen molar-refractivity contribution in [3.63, 3.8) is 0 Å². The topological polar surface area (TPSA) is 64.6 Å². The lowest BCUT2D eigenvalue weighted by molar-refractivity contribution is -0.150. The first-order valence-electron chi connectivity index (χ1n) is 4.43. The Kier molecular flexibility index (Phi) is 4.97. The van der Waals surface area contributed by atoms with Crippen LogP contribution in [0, 0.1) is 5.41 Å². The molecule has 0 fully saturated rings. The van der Waals surface area contributed by atoms with Gasteiger partial charge in [0, 0.05) is 6.54 Å². The first kappa shape index (κ1) is 12.7. The number of esters is 1. The second-order valence-electron chi connectivity index (χ2n) is 3.45. The van der Waals surface area contributed by atoms with Crippen molar-refractivity contribution < 1.29 is 19.1 Å². The maximum absolute atomic E-state index is 11.2. The summed E-state index contributed by atoms with van der Waals surface area (Å²) in [5.74, 6) is -0.366. The van der Waals surface area contributed by atoms with Crippen LogP contribution >= 0.6 is 0 Å². The van der Waals surface area contributed by atoms with Crippen molar-refractivity contribution in [2.75, 3.05) is 20.3 Å². The Morgan fingerprint density at radius 1 is 1.36 bits per heavy atom. The van der Waals surface area contributed by atoms with Crippen molar-refractivity contribution >= 4 is 12.1 Å². The molecule has 1 N–H and O–H groups in total. The van der Waals surface area contributed by atoms with Crippen molar-refractivity contribution in [3.05, 3.63) is 0 Å². The minimum atomic E-state index is -0.735. The van der Waals surface area contributed by atoms with Gasteiger partial charge in [-0.2, -0.15) is 0 Å². The number of alkyl carbamates (subject to hydrolysis) is 1. The number of hydrogen-bond acceptors (Lipinski definition) is 4. The van der Waals surface area contributed by atoms with Crippen molar-refractivity contribution in [2.45, 2.75) is 20.8 Å². The monoisotopic (exact) mass is 203 g/mol. The Bertz CT molecular complexity index is 213. The van der Waals surface area contributed by atoms with Gasteiger partial charge in [-0.3, -0.25) is 4.79 Å². The fraction of sp³-hybridized carbons (Fsp3) is 0.778. The van der Waals surface area contributed by atoms with Crippen LogP contribution in [0.4, 0.5) is 4.79 Å². The van der Waals surface area contributed by atoms with Gasteiger partial charge < -0.3 is 14.8 Å². The van der Waals surface area contributed by atoms with E-state index < -0.39 is 11.5 Å². The number of methoxy groups -OCH3 is 1. The first-order valence-corrected chi connectivity index (χ1v) is 4.43. The van der Waals surface area contributed by atoms with Crippen LogP contribution in [0.1, 0.15) is 20.8 Å². The highest BCUT2D eigenvalue weighted by Crippen LogP contribution is 2.15. The third-order valence-corrected chi connectivity index (χ3v) is 1.69. The lowest BCUT2D eigenvalue weighted by atomic mass is 9.94.